The lowest BCUT2D eigenvalue weighted by Crippen LogP contribution is -2.26. The first-order valence-electron chi connectivity index (χ1n) is 5.21. The number of hydrogen-bond donors (Lipinski definition) is 0. The Kier molecular flexibility index (Phi) is 4.24. The van der Waals surface area contributed by atoms with Gasteiger partial charge < -0.3 is 4.74 Å². The predicted octanol–water partition coefficient (Wildman–Crippen LogP) is 2.47. The Morgan fingerprint density at radius 3 is 2.37 bits per heavy atom. The van der Waals surface area contributed by atoms with Gasteiger partial charge >= 0.3 is 11.5 Å². The van der Waals surface area contributed by atoms with Crippen molar-refractivity contribution in [2.45, 2.75) is 24.3 Å². The Balaban J connectivity index is 3.55. The molecule has 0 unspecified atom stereocenters. The summed E-state index contributed by atoms with van der Waals surface area (Å²) in [4.78, 5) is 10.5. The molecule has 0 N–H and O–H groups in total. The van der Waals surface area contributed by atoms with Crippen LogP contribution in [0.15, 0.2) is 23.1 Å². The third kappa shape index (κ3) is 2.89. The first-order valence-corrected chi connectivity index (χ1v) is 6.69. The van der Waals surface area contributed by atoms with Crippen molar-refractivity contribution >= 4 is 15.8 Å². The van der Waals surface area contributed by atoms with Gasteiger partial charge in [-0.05, 0) is 25.5 Å². The second-order valence-corrected chi connectivity index (χ2v) is 5.53. The molecule has 0 atom stereocenters. The maximum Gasteiger partial charge on any atom is 0.501 e. The first kappa shape index (κ1) is 15.5. The topological polar surface area (TPSA) is 60.4 Å². The van der Waals surface area contributed by atoms with Gasteiger partial charge in [0.2, 0.25) is 0 Å². The highest BCUT2D eigenvalue weighted by Crippen LogP contribution is 2.33. The molecule has 0 saturated carbocycles. The van der Waals surface area contributed by atoms with Crippen LogP contribution in [0.25, 0.3) is 0 Å². The van der Waals surface area contributed by atoms with Crippen molar-refractivity contribution in [3.8, 4) is 0 Å². The van der Waals surface area contributed by atoms with Gasteiger partial charge in [0, 0.05) is 0 Å². The van der Waals surface area contributed by atoms with Crippen molar-refractivity contribution in [1.82, 2.24) is 0 Å². The third-order valence-corrected chi connectivity index (χ3v) is 3.84. The SMILES string of the molecule is CCOC(=O)c1c(C)cccc1S(=O)(=O)C(F)(F)F. The number of benzene rings is 1. The minimum Gasteiger partial charge on any atom is -0.462 e. The fraction of sp³-hybridized carbons (Fsp3) is 0.364. The molecule has 0 aliphatic heterocycles. The van der Waals surface area contributed by atoms with Crippen LogP contribution in [0.3, 0.4) is 0 Å². The number of halogens is 3. The normalized spacial score (nSPS) is 12.3. The molecular formula is C11H11F3O4S. The average molecular weight is 296 g/mol. The average Bonchev–Trinajstić information content (AvgIpc) is 2.27. The molecule has 106 valence electrons. The Hall–Kier alpha value is -1.57. The van der Waals surface area contributed by atoms with Gasteiger partial charge in [0.25, 0.3) is 9.84 Å². The number of alkyl halides is 3. The summed E-state index contributed by atoms with van der Waals surface area (Å²) in [6.45, 7) is 2.73. The zero-order chi connectivity index (χ0) is 14.8. The molecule has 1 rings (SSSR count). The minimum atomic E-state index is -5.59. The molecule has 0 aliphatic rings. The van der Waals surface area contributed by atoms with Crippen LogP contribution in [-0.2, 0) is 14.6 Å². The molecule has 0 heterocycles. The zero-order valence-corrected chi connectivity index (χ0v) is 10.9. The molecule has 4 nitrogen and oxygen atoms in total. The number of esters is 1. The second-order valence-electron chi connectivity index (χ2n) is 3.62. The van der Waals surface area contributed by atoms with Gasteiger partial charge in [-0.25, -0.2) is 13.2 Å². The van der Waals surface area contributed by atoms with Crippen molar-refractivity contribution < 1.29 is 31.1 Å². The van der Waals surface area contributed by atoms with Crippen LogP contribution in [0.5, 0.6) is 0 Å². The maximum atomic E-state index is 12.5. The number of carbonyl (C=O) groups is 1. The summed E-state index contributed by atoms with van der Waals surface area (Å²) < 4.78 is 65.0. The number of hydrogen-bond acceptors (Lipinski definition) is 4. The number of rotatable bonds is 3. The van der Waals surface area contributed by atoms with E-state index in [1.165, 1.54) is 19.9 Å². The Morgan fingerprint density at radius 1 is 1.32 bits per heavy atom. The summed E-state index contributed by atoms with van der Waals surface area (Å²) in [6, 6.07) is 3.21. The van der Waals surface area contributed by atoms with Crippen LogP contribution in [-0.4, -0.2) is 26.5 Å². The van der Waals surface area contributed by atoms with Crippen LogP contribution in [0.2, 0.25) is 0 Å². The summed E-state index contributed by atoms with van der Waals surface area (Å²) in [5, 5.41) is 0. The number of ether oxygens (including phenoxy) is 1. The summed E-state index contributed by atoms with van der Waals surface area (Å²) in [5.41, 5.74) is -5.95. The van der Waals surface area contributed by atoms with E-state index in [-0.39, 0.29) is 12.2 Å². The second kappa shape index (κ2) is 5.20. The van der Waals surface area contributed by atoms with E-state index in [0.29, 0.717) is 0 Å². The summed E-state index contributed by atoms with van der Waals surface area (Å²) in [6.07, 6.45) is 0. The van der Waals surface area contributed by atoms with E-state index in [9.17, 15) is 26.4 Å². The molecule has 0 aliphatic carbocycles. The van der Waals surface area contributed by atoms with Gasteiger partial charge in [0.15, 0.2) is 0 Å². The standard InChI is InChI=1S/C11H11F3O4S/c1-3-18-10(15)9-7(2)5-4-6-8(9)19(16,17)11(12,13)14/h4-6H,3H2,1-2H3. The van der Waals surface area contributed by atoms with E-state index in [1.54, 1.807) is 0 Å². The molecule has 0 radical (unpaired) electrons. The molecule has 0 saturated heterocycles. The summed E-state index contributed by atoms with van der Waals surface area (Å²) in [5.74, 6) is -1.09. The highest BCUT2D eigenvalue weighted by atomic mass is 32.2. The smallest absolute Gasteiger partial charge is 0.462 e. The van der Waals surface area contributed by atoms with Crippen LogP contribution < -0.4 is 0 Å². The highest BCUT2D eigenvalue weighted by Gasteiger charge is 2.48. The van der Waals surface area contributed by atoms with Crippen LogP contribution in [0, 0.1) is 6.92 Å². The van der Waals surface area contributed by atoms with Crippen LogP contribution >= 0.6 is 0 Å². The van der Waals surface area contributed by atoms with Gasteiger partial charge in [-0.3, -0.25) is 0 Å². The number of aryl methyl sites for hydroxylation is 1. The molecule has 0 aromatic heterocycles. The quantitative estimate of drug-likeness (QED) is 0.804. The lowest BCUT2D eigenvalue weighted by Gasteiger charge is -2.13. The maximum absolute atomic E-state index is 12.5. The molecule has 8 heteroatoms. The van der Waals surface area contributed by atoms with E-state index < -0.39 is 31.8 Å². The Morgan fingerprint density at radius 2 is 1.89 bits per heavy atom. The third-order valence-electron chi connectivity index (χ3n) is 2.31. The molecule has 0 amide bonds. The fourth-order valence-electron chi connectivity index (χ4n) is 1.45. The number of sulfone groups is 1. The van der Waals surface area contributed by atoms with Gasteiger partial charge in [-0.2, -0.15) is 13.2 Å². The summed E-state index contributed by atoms with van der Waals surface area (Å²) >= 11 is 0. The molecule has 0 fully saturated rings. The van der Waals surface area contributed by atoms with Gasteiger partial charge in [-0.1, -0.05) is 12.1 Å². The fourth-order valence-corrected chi connectivity index (χ4v) is 2.47. The first-order chi connectivity index (χ1) is 8.63. The van der Waals surface area contributed by atoms with Crippen molar-refractivity contribution in [2.24, 2.45) is 0 Å². The van der Waals surface area contributed by atoms with Gasteiger partial charge in [0.1, 0.15) is 0 Å². The van der Waals surface area contributed by atoms with Crippen molar-refractivity contribution in [1.29, 1.82) is 0 Å². The van der Waals surface area contributed by atoms with Crippen LogP contribution in [0.1, 0.15) is 22.8 Å². The van der Waals surface area contributed by atoms with Crippen molar-refractivity contribution in [3.05, 3.63) is 29.3 Å². The minimum absolute atomic E-state index is 0.0708. The molecule has 1 aromatic carbocycles. The molecule has 0 bridgehead atoms. The van der Waals surface area contributed by atoms with Crippen molar-refractivity contribution in [3.63, 3.8) is 0 Å². The van der Waals surface area contributed by atoms with Crippen molar-refractivity contribution in [2.75, 3.05) is 6.61 Å². The largest absolute Gasteiger partial charge is 0.501 e. The molecule has 19 heavy (non-hydrogen) atoms. The monoisotopic (exact) mass is 296 g/mol. The van der Waals surface area contributed by atoms with Gasteiger partial charge in [-0.15, -0.1) is 0 Å². The lowest BCUT2D eigenvalue weighted by molar-refractivity contribution is -0.0436. The number of carbonyl (C=O) groups excluding carboxylic acids is 1. The van der Waals surface area contributed by atoms with Crippen LogP contribution in [0.4, 0.5) is 13.2 Å². The van der Waals surface area contributed by atoms with Gasteiger partial charge in [0.05, 0.1) is 17.1 Å². The van der Waals surface area contributed by atoms with E-state index >= 15 is 0 Å². The highest BCUT2D eigenvalue weighted by molar-refractivity contribution is 7.92. The summed E-state index contributed by atoms with van der Waals surface area (Å²) in [7, 11) is -5.59. The Labute approximate surface area is 108 Å². The van der Waals surface area contributed by atoms with E-state index in [2.05, 4.69) is 4.74 Å². The molecular weight excluding hydrogens is 285 g/mol. The van der Waals surface area contributed by atoms with E-state index in [0.717, 1.165) is 12.1 Å². The van der Waals surface area contributed by atoms with E-state index in [1.807, 2.05) is 0 Å². The Bertz CT molecular complexity index is 590. The zero-order valence-electron chi connectivity index (χ0n) is 10.1. The molecule has 0 spiro atoms. The van der Waals surface area contributed by atoms with E-state index in [4.69, 9.17) is 0 Å². The molecule has 1 aromatic rings. The predicted molar refractivity (Wildman–Crippen MR) is 60.4 cm³/mol. The lowest BCUT2D eigenvalue weighted by atomic mass is 10.1.